The molecule has 1 rings (SSSR count). The van der Waals surface area contributed by atoms with E-state index >= 15 is 0 Å². The molecule has 0 bridgehead atoms. The van der Waals surface area contributed by atoms with Crippen molar-refractivity contribution in [1.82, 2.24) is 9.69 Å². The van der Waals surface area contributed by atoms with Gasteiger partial charge in [-0.2, -0.15) is 4.37 Å². The fourth-order valence-electron chi connectivity index (χ4n) is 1.59. The third-order valence-electron chi connectivity index (χ3n) is 2.49. The highest BCUT2D eigenvalue weighted by Gasteiger charge is 2.19. The van der Waals surface area contributed by atoms with Crippen molar-refractivity contribution in [3.05, 3.63) is 5.56 Å². The quantitative estimate of drug-likeness (QED) is 0.542. The van der Waals surface area contributed by atoms with Crippen LogP contribution in [0.3, 0.4) is 0 Å². The van der Waals surface area contributed by atoms with Gasteiger partial charge in [0.1, 0.15) is 10.6 Å². The van der Waals surface area contributed by atoms with Crippen molar-refractivity contribution in [3.8, 4) is 0 Å². The van der Waals surface area contributed by atoms with E-state index in [9.17, 15) is 4.79 Å². The molecule has 0 saturated carbocycles. The first-order valence-corrected chi connectivity index (χ1v) is 7.24. The summed E-state index contributed by atoms with van der Waals surface area (Å²) < 4.78 is 4.02. The van der Waals surface area contributed by atoms with Crippen LogP contribution in [0.1, 0.15) is 43.5 Å². The number of nitrogen functional groups attached to an aromatic ring is 1. The number of unbranched alkanes of at least 4 members (excludes halogenated alkanes) is 2. The summed E-state index contributed by atoms with van der Waals surface area (Å²) in [7, 11) is 0. The van der Waals surface area contributed by atoms with Crippen molar-refractivity contribution in [1.29, 1.82) is 0 Å². The predicted octanol–water partition coefficient (Wildman–Crippen LogP) is 1.44. The highest BCUT2D eigenvalue weighted by molar-refractivity contribution is 7.11. The Hall–Kier alpha value is -1.34. The summed E-state index contributed by atoms with van der Waals surface area (Å²) in [5.74, 6) is 0.0696. The highest BCUT2D eigenvalue weighted by Crippen LogP contribution is 2.26. The molecule has 5 N–H and O–H groups in total. The van der Waals surface area contributed by atoms with Crippen molar-refractivity contribution in [2.45, 2.75) is 39.2 Å². The van der Waals surface area contributed by atoms with Crippen LogP contribution in [0, 0.1) is 0 Å². The average molecular weight is 286 g/mol. The second-order valence-corrected chi connectivity index (χ2v) is 5.38. The maximum absolute atomic E-state index is 12.0. The van der Waals surface area contributed by atoms with Crippen LogP contribution in [-0.4, -0.2) is 34.6 Å². The number of rotatable bonds is 8. The number of nitrogens with zero attached hydrogens (tertiary/aromatic N) is 1. The molecule has 1 heterocycles. The monoisotopic (exact) mass is 286 g/mol. The maximum Gasteiger partial charge on any atom is 0.258 e. The van der Waals surface area contributed by atoms with E-state index in [1.165, 1.54) is 11.5 Å². The number of amides is 1. The molecule has 0 aliphatic rings. The zero-order valence-corrected chi connectivity index (χ0v) is 12.2. The molecular weight excluding hydrogens is 264 g/mol. The van der Waals surface area contributed by atoms with Crippen LogP contribution in [0.5, 0.6) is 0 Å². The molecule has 6 nitrogen and oxygen atoms in total. The van der Waals surface area contributed by atoms with E-state index in [1.807, 2.05) is 13.8 Å². The van der Waals surface area contributed by atoms with E-state index in [-0.39, 0.29) is 24.4 Å². The molecule has 0 aliphatic carbocycles. The minimum Gasteiger partial charge on any atom is -0.396 e. The Balaban J connectivity index is 2.56. The van der Waals surface area contributed by atoms with Gasteiger partial charge < -0.3 is 21.5 Å². The van der Waals surface area contributed by atoms with Crippen LogP contribution in [0.15, 0.2) is 0 Å². The lowest BCUT2D eigenvalue weighted by Crippen LogP contribution is -2.30. The Morgan fingerprint density at radius 1 is 1.42 bits per heavy atom. The molecule has 0 fully saturated rings. The lowest BCUT2D eigenvalue weighted by Gasteiger charge is -2.10. The predicted molar refractivity (Wildman–Crippen MR) is 78.6 cm³/mol. The molecule has 19 heavy (non-hydrogen) atoms. The smallest absolute Gasteiger partial charge is 0.258 e. The third-order valence-corrected chi connectivity index (χ3v) is 3.30. The van der Waals surface area contributed by atoms with Crippen molar-refractivity contribution in [2.24, 2.45) is 0 Å². The molecule has 1 aromatic rings. The summed E-state index contributed by atoms with van der Waals surface area (Å²) in [6.07, 6.45) is 2.68. The number of nitrogens with two attached hydrogens (primary N) is 1. The molecule has 0 spiro atoms. The van der Waals surface area contributed by atoms with E-state index in [0.717, 1.165) is 25.8 Å². The number of hydrogen-bond acceptors (Lipinski definition) is 6. The van der Waals surface area contributed by atoms with Gasteiger partial charge in [0.05, 0.1) is 0 Å². The first kappa shape index (κ1) is 15.7. The number of anilines is 2. The molecule has 0 aliphatic heterocycles. The molecule has 7 heteroatoms. The van der Waals surface area contributed by atoms with E-state index in [0.29, 0.717) is 10.6 Å². The first-order valence-electron chi connectivity index (χ1n) is 6.47. The van der Waals surface area contributed by atoms with Gasteiger partial charge in [0, 0.05) is 19.2 Å². The van der Waals surface area contributed by atoms with Crippen LogP contribution < -0.4 is 16.4 Å². The standard InChI is InChI=1S/C12H22N4O2S/c1-8(2)15-11(18)9-10(13)16-19-12(9)14-6-4-3-5-7-17/h8,14,17H,3-7H2,1-2H3,(H2,13,16)(H,15,18). The largest absolute Gasteiger partial charge is 0.396 e. The Labute approximate surface area is 117 Å². The van der Waals surface area contributed by atoms with Gasteiger partial charge in [-0.1, -0.05) is 0 Å². The van der Waals surface area contributed by atoms with Crippen LogP contribution in [-0.2, 0) is 0 Å². The van der Waals surface area contributed by atoms with Gasteiger partial charge >= 0.3 is 0 Å². The minimum atomic E-state index is -0.195. The van der Waals surface area contributed by atoms with E-state index < -0.39 is 0 Å². The third kappa shape index (κ3) is 5.04. The van der Waals surface area contributed by atoms with Crippen LogP contribution >= 0.6 is 11.5 Å². The van der Waals surface area contributed by atoms with Crippen molar-refractivity contribution in [3.63, 3.8) is 0 Å². The topological polar surface area (TPSA) is 100 Å². The van der Waals surface area contributed by atoms with Gasteiger partial charge in [-0.05, 0) is 44.6 Å². The van der Waals surface area contributed by atoms with Crippen LogP contribution in [0.4, 0.5) is 10.8 Å². The number of aliphatic hydroxyl groups excluding tert-OH is 1. The Morgan fingerprint density at radius 3 is 2.79 bits per heavy atom. The number of aliphatic hydroxyl groups is 1. The summed E-state index contributed by atoms with van der Waals surface area (Å²) in [5.41, 5.74) is 6.17. The molecular formula is C12H22N4O2S. The molecule has 0 saturated heterocycles. The number of nitrogens with one attached hydrogen (secondary N) is 2. The van der Waals surface area contributed by atoms with Gasteiger partial charge in [0.15, 0.2) is 5.82 Å². The van der Waals surface area contributed by atoms with Gasteiger partial charge in [-0.15, -0.1) is 0 Å². The summed E-state index contributed by atoms with van der Waals surface area (Å²) in [6, 6.07) is 0.0594. The summed E-state index contributed by atoms with van der Waals surface area (Å²) in [6.45, 7) is 4.75. The van der Waals surface area contributed by atoms with E-state index in [2.05, 4.69) is 15.0 Å². The number of aromatic nitrogens is 1. The summed E-state index contributed by atoms with van der Waals surface area (Å²) in [5, 5.41) is 15.4. The fourth-order valence-corrected chi connectivity index (χ4v) is 2.33. The van der Waals surface area contributed by atoms with Gasteiger partial charge in [0.2, 0.25) is 0 Å². The summed E-state index contributed by atoms with van der Waals surface area (Å²) >= 11 is 1.20. The molecule has 0 unspecified atom stereocenters. The minimum absolute atomic E-state index is 0.0594. The second kappa shape index (κ2) is 7.96. The molecule has 1 amide bonds. The average Bonchev–Trinajstić information content (AvgIpc) is 2.69. The van der Waals surface area contributed by atoms with Crippen molar-refractivity contribution < 1.29 is 9.90 Å². The first-order chi connectivity index (χ1) is 9.06. The summed E-state index contributed by atoms with van der Waals surface area (Å²) in [4.78, 5) is 12.0. The molecule has 108 valence electrons. The van der Waals surface area contributed by atoms with E-state index in [4.69, 9.17) is 10.8 Å². The molecule has 0 radical (unpaired) electrons. The number of carbonyl (C=O) groups is 1. The van der Waals surface area contributed by atoms with Gasteiger partial charge in [0.25, 0.3) is 5.91 Å². The van der Waals surface area contributed by atoms with Gasteiger partial charge in [-0.3, -0.25) is 4.79 Å². The van der Waals surface area contributed by atoms with E-state index in [1.54, 1.807) is 0 Å². The highest BCUT2D eigenvalue weighted by atomic mass is 32.1. The zero-order chi connectivity index (χ0) is 14.3. The Bertz CT molecular complexity index is 406. The maximum atomic E-state index is 12.0. The second-order valence-electron chi connectivity index (χ2n) is 4.61. The normalized spacial score (nSPS) is 10.7. The molecule has 0 atom stereocenters. The fraction of sp³-hybridized carbons (Fsp3) is 0.667. The Morgan fingerprint density at radius 2 is 2.16 bits per heavy atom. The molecule has 1 aromatic heterocycles. The number of carbonyl (C=O) groups excluding carboxylic acids is 1. The number of hydrogen-bond donors (Lipinski definition) is 4. The van der Waals surface area contributed by atoms with Crippen molar-refractivity contribution in [2.75, 3.05) is 24.2 Å². The van der Waals surface area contributed by atoms with Crippen LogP contribution in [0.25, 0.3) is 0 Å². The lowest BCUT2D eigenvalue weighted by atomic mass is 10.2. The van der Waals surface area contributed by atoms with Crippen LogP contribution in [0.2, 0.25) is 0 Å². The Kier molecular flexibility index (Phi) is 6.58. The lowest BCUT2D eigenvalue weighted by molar-refractivity contribution is 0.0945. The van der Waals surface area contributed by atoms with Gasteiger partial charge in [-0.25, -0.2) is 0 Å². The molecule has 0 aromatic carbocycles. The van der Waals surface area contributed by atoms with Crippen molar-refractivity contribution >= 4 is 28.3 Å². The zero-order valence-electron chi connectivity index (χ0n) is 11.4. The SMILES string of the molecule is CC(C)NC(=O)c1c(N)nsc1NCCCCCO.